The lowest BCUT2D eigenvalue weighted by Gasteiger charge is -2.00. The zero-order chi connectivity index (χ0) is 13.7. The van der Waals surface area contributed by atoms with E-state index in [1.54, 1.807) is 18.3 Å². The van der Waals surface area contributed by atoms with Crippen LogP contribution in [-0.2, 0) is 0 Å². The third-order valence-corrected chi connectivity index (χ3v) is 2.74. The van der Waals surface area contributed by atoms with Crippen LogP contribution in [0.15, 0.2) is 53.6 Å². The van der Waals surface area contributed by atoms with Crippen LogP contribution < -0.4 is 5.43 Å². The number of amides is 1. The van der Waals surface area contributed by atoms with E-state index in [2.05, 4.69) is 10.5 Å². The molecule has 2 aromatic rings. The van der Waals surface area contributed by atoms with Gasteiger partial charge in [0, 0.05) is 5.56 Å². The van der Waals surface area contributed by atoms with Gasteiger partial charge < -0.3 is 0 Å². The van der Waals surface area contributed by atoms with Crippen molar-refractivity contribution in [1.29, 1.82) is 0 Å². The predicted octanol–water partition coefficient (Wildman–Crippen LogP) is 3.07. The summed E-state index contributed by atoms with van der Waals surface area (Å²) in [7, 11) is 0. The second-order valence-electron chi connectivity index (χ2n) is 4.48. The normalized spacial score (nSPS) is 10.6. The van der Waals surface area contributed by atoms with Gasteiger partial charge in [-0.25, -0.2) is 5.43 Å². The lowest BCUT2D eigenvalue weighted by atomic mass is 10.1. The highest BCUT2D eigenvalue weighted by Crippen LogP contribution is 2.03. The Bertz CT molecular complexity index is 600. The molecule has 0 aromatic heterocycles. The summed E-state index contributed by atoms with van der Waals surface area (Å²) in [6, 6.07) is 15.3. The summed E-state index contributed by atoms with van der Waals surface area (Å²) >= 11 is 0. The number of hydrogen-bond donors (Lipinski definition) is 1. The summed E-state index contributed by atoms with van der Waals surface area (Å²) in [6.07, 6.45) is 1.64. The van der Waals surface area contributed by atoms with E-state index >= 15 is 0 Å². The number of rotatable bonds is 3. The number of hydrazone groups is 1. The molecule has 0 aliphatic carbocycles. The first kappa shape index (κ1) is 13.0. The van der Waals surface area contributed by atoms with Gasteiger partial charge in [0.2, 0.25) is 0 Å². The van der Waals surface area contributed by atoms with Gasteiger partial charge in [0.1, 0.15) is 0 Å². The van der Waals surface area contributed by atoms with E-state index in [0.29, 0.717) is 5.56 Å². The van der Waals surface area contributed by atoms with Crippen molar-refractivity contribution < 1.29 is 4.79 Å². The molecule has 0 aliphatic rings. The van der Waals surface area contributed by atoms with Crippen LogP contribution in [0.5, 0.6) is 0 Å². The van der Waals surface area contributed by atoms with Crippen LogP contribution in [0.3, 0.4) is 0 Å². The quantitative estimate of drug-likeness (QED) is 0.662. The smallest absolute Gasteiger partial charge is 0.267 e. The van der Waals surface area contributed by atoms with Gasteiger partial charge in [-0.2, -0.15) is 5.10 Å². The van der Waals surface area contributed by atoms with E-state index in [4.69, 9.17) is 0 Å². The number of hydrogen-bond acceptors (Lipinski definition) is 2. The van der Waals surface area contributed by atoms with Crippen LogP contribution in [0.1, 0.15) is 27.0 Å². The molecule has 1 amide bonds. The molecule has 0 unspecified atom stereocenters. The Balaban J connectivity index is 1.98. The van der Waals surface area contributed by atoms with Crippen molar-refractivity contribution in [1.82, 2.24) is 5.43 Å². The molecular weight excluding hydrogens is 236 g/mol. The first-order chi connectivity index (χ1) is 9.15. The van der Waals surface area contributed by atoms with E-state index in [-0.39, 0.29) is 5.91 Å². The van der Waals surface area contributed by atoms with Crippen LogP contribution in [0, 0.1) is 13.8 Å². The second kappa shape index (κ2) is 5.96. The van der Waals surface area contributed by atoms with Gasteiger partial charge in [0.25, 0.3) is 5.91 Å². The summed E-state index contributed by atoms with van der Waals surface area (Å²) in [4.78, 5) is 11.8. The first-order valence-electron chi connectivity index (χ1n) is 6.12. The van der Waals surface area contributed by atoms with Crippen LogP contribution in [0.25, 0.3) is 0 Å². The van der Waals surface area contributed by atoms with Crippen molar-refractivity contribution >= 4 is 12.1 Å². The maximum absolute atomic E-state index is 11.8. The van der Waals surface area contributed by atoms with Crippen LogP contribution in [-0.4, -0.2) is 12.1 Å². The van der Waals surface area contributed by atoms with Gasteiger partial charge in [-0.15, -0.1) is 0 Å². The highest BCUT2D eigenvalue weighted by atomic mass is 16.2. The van der Waals surface area contributed by atoms with E-state index in [9.17, 15) is 4.79 Å². The zero-order valence-corrected chi connectivity index (χ0v) is 11.1. The third-order valence-electron chi connectivity index (χ3n) is 2.74. The summed E-state index contributed by atoms with van der Waals surface area (Å²) in [5.74, 6) is -0.205. The minimum Gasteiger partial charge on any atom is -0.267 e. The number of nitrogens with one attached hydrogen (secondary N) is 1. The number of benzene rings is 2. The molecule has 1 N–H and O–H groups in total. The standard InChI is InChI=1S/C16H16N2O/c1-12-6-8-15(9-7-12)16(19)18-17-11-14-5-3-4-13(2)10-14/h3-11H,1-2H3,(H,18,19)/b17-11+. The van der Waals surface area contributed by atoms with Crippen LogP contribution in [0.2, 0.25) is 0 Å². The zero-order valence-electron chi connectivity index (χ0n) is 11.1. The maximum atomic E-state index is 11.8. The lowest BCUT2D eigenvalue weighted by molar-refractivity contribution is 0.0955. The number of carbonyl (C=O) groups excluding carboxylic acids is 1. The Morgan fingerprint density at radius 1 is 1.05 bits per heavy atom. The third kappa shape index (κ3) is 3.78. The fraction of sp³-hybridized carbons (Fsp3) is 0.125. The fourth-order valence-corrected chi connectivity index (χ4v) is 1.69. The van der Waals surface area contributed by atoms with E-state index in [1.165, 1.54) is 0 Å². The first-order valence-corrected chi connectivity index (χ1v) is 6.12. The molecule has 0 heterocycles. The monoisotopic (exact) mass is 252 g/mol. The second-order valence-corrected chi connectivity index (χ2v) is 4.48. The minimum atomic E-state index is -0.205. The van der Waals surface area contributed by atoms with E-state index in [1.807, 2.05) is 50.2 Å². The molecule has 0 aliphatic heterocycles. The van der Waals surface area contributed by atoms with Crippen molar-refractivity contribution in [2.24, 2.45) is 5.10 Å². The Hall–Kier alpha value is -2.42. The molecule has 2 aromatic carbocycles. The maximum Gasteiger partial charge on any atom is 0.271 e. The van der Waals surface area contributed by atoms with Crippen molar-refractivity contribution in [3.63, 3.8) is 0 Å². The highest BCUT2D eigenvalue weighted by molar-refractivity contribution is 5.94. The average Bonchev–Trinajstić information content (AvgIpc) is 2.39. The molecule has 0 fully saturated rings. The van der Waals surface area contributed by atoms with Gasteiger partial charge in [-0.1, -0.05) is 47.5 Å². The minimum absolute atomic E-state index is 0.205. The largest absolute Gasteiger partial charge is 0.271 e. The van der Waals surface area contributed by atoms with Crippen molar-refractivity contribution in [2.75, 3.05) is 0 Å². The fourth-order valence-electron chi connectivity index (χ4n) is 1.69. The average molecular weight is 252 g/mol. The molecule has 0 spiro atoms. The Morgan fingerprint density at radius 2 is 1.79 bits per heavy atom. The predicted molar refractivity (Wildman–Crippen MR) is 77.4 cm³/mol. The molecule has 2 rings (SSSR count). The Labute approximate surface area is 113 Å². The molecule has 19 heavy (non-hydrogen) atoms. The molecule has 0 radical (unpaired) electrons. The molecule has 0 bridgehead atoms. The Morgan fingerprint density at radius 3 is 2.47 bits per heavy atom. The van der Waals surface area contributed by atoms with Crippen molar-refractivity contribution in [2.45, 2.75) is 13.8 Å². The molecule has 0 atom stereocenters. The lowest BCUT2D eigenvalue weighted by Crippen LogP contribution is -2.17. The van der Waals surface area contributed by atoms with E-state index in [0.717, 1.165) is 16.7 Å². The van der Waals surface area contributed by atoms with E-state index < -0.39 is 0 Å². The number of nitrogens with zero attached hydrogens (tertiary/aromatic N) is 1. The molecule has 96 valence electrons. The van der Waals surface area contributed by atoms with Gasteiger partial charge in [-0.3, -0.25) is 4.79 Å². The van der Waals surface area contributed by atoms with Gasteiger partial charge >= 0.3 is 0 Å². The summed E-state index contributed by atoms with van der Waals surface area (Å²) in [5, 5.41) is 3.96. The summed E-state index contributed by atoms with van der Waals surface area (Å²) in [6.45, 7) is 4.00. The van der Waals surface area contributed by atoms with Crippen LogP contribution in [0.4, 0.5) is 0 Å². The molecule has 0 saturated heterocycles. The molecule has 3 nitrogen and oxygen atoms in total. The number of carbonyl (C=O) groups is 1. The molecule has 3 heteroatoms. The van der Waals surface area contributed by atoms with Gasteiger partial charge in [0.15, 0.2) is 0 Å². The number of aryl methyl sites for hydroxylation is 2. The SMILES string of the molecule is Cc1ccc(C(=O)N/N=C/c2cccc(C)c2)cc1. The molecule has 0 saturated carbocycles. The Kier molecular flexibility index (Phi) is 4.08. The van der Waals surface area contributed by atoms with Crippen LogP contribution >= 0.6 is 0 Å². The molecular formula is C16H16N2O. The van der Waals surface area contributed by atoms with Crippen molar-refractivity contribution in [3.8, 4) is 0 Å². The van der Waals surface area contributed by atoms with Gasteiger partial charge in [0.05, 0.1) is 6.21 Å². The van der Waals surface area contributed by atoms with Gasteiger partial charge in [-0.05, 0) is 31.5 Å². The topological polar surface area (TPSA) is 41.5 Å². The van der Waals surface area contributed by atoms with Crippen molar-refractivity contribution in [3.05, 3.63) is 70.8 Å². The summed E-state index contributed by atoms with van der Waals surface area (Å²) < 4.78 is 0. The highest BCUT2D eigenvalue weighted by Gasteiger charge is 2.02. The summed E-state index contributed by atoms with van der Waals surface area (Å²) in [5.41, 5.74) is 6.37.